The second kappa shape index (κ2) is 7.93. The minimum Gasteiger partial charge on any atom is -0.298 e. The van der Waals surface area contributed by atoms with Crippen molar-refractivity contribution in [1.29, 1.82) is 0 Å². The van der Waals surface area contributed by atoms with E-state index in [0.29, 0.717) is 54.5 Å². The van der Waals surface area contributed by atoms with E-state index in [4.69, 9.17) is 69.6 Å². The van der Waals surface area contributed by atoms with E-state index in [1.165, 1.54) is 0 Å². The predicted molar refractivity (Wildman–Crippen MR) is 111 cm³/mol. The average molecular weight is 466 g/mol. The van der Waals surface area contributed by atoms with Gasteiger partial charge in [-0.2, -0.15) is 0 Å². The van der Waals surface area contributed by atoms with Gasteiger partial charge in [0.05, 0.1) is 41.5 Å². The van der Waals surface area contributed by atoms with E-state index in [9.17, 15) is 4.79 Å². The van der Waals surface area contributed by atoms with Crippen LogP contribution in [0.1, 0.15) is 10.4 Å². The minimum atomic E-state index is 0.226. The molecule has 0 saturated heterocycles. The zero-order valence-corrected chi connectivity index (χ0v) is 17.2. The van der Waals surface area contributed by atoms with Crippen LogP contribution in [0.4, 0.5) is 0 Å². The molecule has 0 atom stereocenters. The molecule has 0 aliphatic rings. The van der Waals surface area contributed by atoms with Gasteiger partial charge >= 0.3 is 0 Å². The normalized spacial score (nSPS) is 10.8. The highest BCUT2D eigenvalue weighted by Crippen LogP contribution is 2.42. The number of benzene rings is 2. The summed E-state index contributed by atoms with van der Waals surface area (Å²) in [6, 6.07) is 9.44. The zero-order valence-electron chi connectivity index (χ0n) is 12.7. The molecular formula is C18H7Cl6NO. The maximum Gasteiger partial charge on any atom is 0.150 e. The number of aromatic nitrogens is 1. The fourth-order valence-electron chi connectivity index (χ4n) is 2.40. The standard InChI is InChI=1S/C18H7Cl6NO/c19-9-1-3-11(21)17(23)15(9)13-5-8(7-26)6-14(25-13)16-10(20)2-4-12(22)18(16)24/h1-7H. The summed E-state index contributed by atoms with van der Waals surface area (Å²) in [6.45, 7) is 0. The van der Waals surface area contributed by atoms with Crippen LogP contribution in [0.15, 0.2) is 36.4 Å². The molecule has 8 heteroatoms. The Kier molecular flexibility index (Phi) is 6.03. The molecule has 2 nitrogen and oxygen atoms in total. The summed E-state index contributed by atoms with van der Waals surface area (Å²) in [4.78, 5) is 16.0. The lowest BCUT2D eigenvalue weighted by Gasteiger charge is -2.13. The van der Waals surface area contributed by atoms with Gasteiger partial charge in [0.25, 0.3) is 0 Å². The molecule has 0 spiro atoms. The fourth-order valence-corrected chi connectivity index (χ4v) is 3.84. The van der Waals surface area contributed by atoms with E-state index in [1.807, 2.05) is 0 Å². The topological polar surface area (TPSA) is 30.0 Å². The Labute approximate surface area is 179 Å². The molecular weight excluding hydrogens is 459 g/mol. The number of halogens is 6. The molecule has 26 heavy (non-hydrogen) atoms. The molecule has 0 unspecified atom stereocenters. The second-order valence-electron chi connectivity index (χ2n) is 5.23. The first-order chi connectivity index (χ1) is 12.3. The quantitative estimate of drug-likeness (QED) is 0.288. The number of rotatable bonds is 3. The Hall–Kier alpha value is -1.000. The van der Waals surface area contributed by atoms with E-state index in [0.717, 1.165) is 0 Å². The number of aldehydes is 1. The number of carbonyl (C=O) groups excluding carboxylic acids is 1. The summed E-state index contributed by atoms with van der Waals surface area (Å²) in [6.07, 6.45) is 0.674. The molecule has 3 rings (SSSR count). The molecule has 0 radical (unpaired) electrons. The van der Waals surface area contributed by atoms with Gasteiger partial charge in [-0.25, -0.2) is 4.98 Å². The van der Waals surface area contributed by atoms with Gasteiger partial charge in [-0.1, -0.05) is 69.6 Å². The van der Waals surface area contributed by atoms with Crippen molar-refractivity contribution in [3.63, 3.8) is 0 Å². The van der Waals surface area contributed by atoms with Crippen LogP contribution in [0.5, 0.6) is 0 Å². The molecule has 0 N–H and O–H groups in total. The number of carbonyl (C=O) groups is 1. The van der Waals surface area contributed by atoms with Crippen LogP contribution in [-0.4, -0.2) is 11.3 Å². The highest BCUT2D eigenvalue weighted by Gasteiger charge is 2.18. The Balaban J connectivity index is 2.33. The maximum absolute atomic E-state index is 11.4. The van der Waals surface area contributed by atoms with Crippen molar-refractivity contribution in [3.05, 3.63) is 72.1 Å². The lowest BCUT2D eigenvalue weighted by molar-refractivity contribution is 0.112. The van der Waals surface area contributed by atoms with E-state index >= 15 is 0 Å². The first kappa shape index (κ1) is 19.8. The largest absolute Gasteiger partial charge is 0.298 e. The molecule has 1 aromatic heterocycles. The second-order valence-corrected chi connectivity index (χ2v) is 7.61. The third kappa shape index (κ3) is 3.68. The van der Waals surface area contributed by atoms with Crippen molar-refractivity contribution >= 4 is 75.9 Å². The minimum absolute atomic E-state index is 0.226. The van der Waals surface area contributed by atoms with E-state index in [-0.39, 0.29) is 10.0 Å². The SMILES string of the molecule is O=Cc1cc(-c2c(Cl)ccc(Cl)c2Cl)nc(-c2c(Cl)ccc(Cl)c2Cl)c1. The van der Waals surface area contributed by atoms with Gasteiger partial charge in [-0.15, -0.1) is 0 Å². The van der Waals surface area contributed by atoms with Crippen molar-refractivity contribution in [2.75, 3.05) is 0 Å². The van der Waals surface area contributed by atoms with Gasteiger partial charge < -0.3 is 0 Å². The van der Waals surface area contributed by atoms with Crippen molar-refractivity contribution in [2.45, 2.75) is 0 Å². The number of hydrogen-bond acceptors (Lipinski definition) is 2. The summed E-state index contributed by atoms with van der Waals surface area (Å²) in [5.74, 6) is 0. The molecule has 0 amide bonds. The first-order valence-corrected chi connectivity index (χ1v) is 9.35. The summed E-state index contributed by atoms with van der Waals surface area (Å²) < 4.78 is 0. The fraction of sp³-hybridized carbons (Fsp3) is 0. The van der Waals surface area contributed by atoms with Gasteiger partial charge in [-0.3, -0.25) is 4.79 Å². The zero-order chi connectivity index (χ0) is 19.0. The van der Waals surface area contributed by atoms with Gasteiger partial charge in [0.1, 0.15) is 6.29 Å². The van der Waals surface area contributed by atoms with Crippen LogP contribution >= 0.6 is 69.6 Å². The van der Waals surface area contributed by atoms with Crippen molar-refractivity contribution in [3.8, 4) is 22.5 Å². The summed E-state index contributed by atoms with van der Waals surface area (Å²) in [5.41, 5.74) is 1.85. The van der Waals surface area contributed by atoms with Gasteiger partial charge in [0, 0.05) is 16.7 Å². The molecule has 132 valence electrons. The number of nitrogens with zero attached hydrogens (tertiary/aromatic N) is 1. The van der Waals surface area contributed by atoms with E-state index in [1.54, 1.807) is 36.4 Å². The number of hydrogen-bond donors (Lipinski definition) is 0. The summed E-state index contributed by atoms with van der Waals surface area (Å²) >= 11 is 37.3. The summed E-state index contributed by atoms with van der Waals surface area (Å²) in [5, 5.41) is 1.75. The molecule has 2 aromatic carbocycles. The van der Waals surface area contributed by atoms with Gasteiger partial charge in [-0.05, 0) is 36.4 Å². The number of pyridine rings is 1. The van der Waals surface area contributed by atoms with Crippen LogP contribution in [-0.2, 0) is 0 Å². The predicted octanol–water partition coefficient (Wildman–Crippen LogP) is 8.15. The Bertz CT molecular complexity index is 959. The highest BCUT2D eigenvalue weighted by molar-refractivity contribution is 6.47. The Morgan fingerprint density at radius 3 is 1.42 bits per heavy atom. The van der Waals surface area contributed by atoms with Crippen LogP contribution in [0, 0.1) is 0 Å². The third-order valence-corrected chi connectivity index (χ3v) is 5.82. The first-order valence-electron chi connectivity index (χ1n) is 7.08. The third-order valence-electron chi connectivity index (χ3n) is 3.58. The Morgan fingerprint density at radius 2 is 1.04 bits per heavy atom. The molecule has 3 aromatic rings. The van der Waals surface area contributed by atoms with E-state index in [2.05, 4.69) is 4.98 Å². The molecule has 0 fully saturated rings. The van der Waals surface area contributed by atoms with Crippen LogP contribution < -0.4 is 0 Å². The molecule has 1 heterocycles. The molecule has 0 aliphatic heterocycles. The highest BCUT2D eigenvalue weighted by atomic mass is 35.5. The van der Waals surface area contributed by atoms with Gasteiger partial charge in [0.2, 0.25) is 0 Å². The smallest absolute Gasteiger partial charge is 0.150 e. The molecule has 0 bridgehead atoms. The van der Waals surface area contributed by atoms with Crippen molar-refractivity contribution in [2.24, 2.45) is 0 Å². The average Bonchev–Trinajstić information content (AvgIpc) is 2.62. The molecule has 0 aliphatic carbocycles. The van der Waals surface area contributed by atoms with Gasteiger partial charge in [0.15, 0.2) is 0 Å². The lowest BCUT2D eigenvalue weighted by Crippen LogP contribution is -1.95. The lowest BCUT2D eigenvalue weighted by atomic mass is 10.0. The maximum atomic E-state index is 11.4. The summed E-state index contributed by atoms with van der Waals surface area (Å²) in [7, 11) is 0. The van der Waals surface area contributed by atoms with Crippen LogP contribution in [0.25, 0.3) is 22.5 Å². The van der Waals surface area contributed by atoms with Crippen LogP contribution in [0.3, 0.4) is 0 Å². The molecule has 0 saturated carbocycles. The van der Waals surface area contributed by atoms with E-state index < -0.39 is 0 Å². The van der Waals surface area contributed by atoms with Crippen molar-refractivity contribution in [1.82, 2.24) is 4.98 Å². The van der Waals surface area contributed by atoms with Crippen LogP contribution in [0.2, 0.25) is 30.1 Å². The monoisotopic (exact) mass is 463 g/mol. The Morgan fingerprint density at radius 1 is 0.654 bits per heavy atom. The van der Waals surface area contributed by atoms with Crippen molar-refractivity contribution < 1.29 is 4.79 Å².